The molecule has 2 heterocycles. The van der Waals surface area contributed by atoms with Crippen molar-refractivity contribution in [2.24, 2.45) is 5.41 Å². The predicted molar refractivity (Wildman–Crippen MR) is 75.7 cm³/mol. The summed E-state index contributed by atoms with van der Waals surface area (Å²) in [6, 6.07) is 5.13. The highest BCUT2D eigenvalue weighted by Gasteiger charge is 2.33. The Morgan fingerprint density at radius 3 is 2.35 bits per heavy atom. The SMILES string of the molecule is Cc1ccc([C@H](N2CCNCC2)C(C)(C)C)s1. The molecule has 2 rings (SSSR count). The van der Waals surface area contributed by atoms with E-state index in [0.717, 1.165) is 13.1 Å². The Hall–Kier alpha value is -0.380. The number of nitrogens with zero attached hydrogens (tertiary/aromatic N) is 1. The molecular formula is C14H24N2S. The summed E-state index contributed by atoms with van der Waals surface area (Å²) in [6.07, 6.45) is 0. The van der Waals surface area contributed by atoms with E-state index in [1.807, 2.05) is 11.3 Å². The summed E-state index contributed by atoms with van der Waals surface area (Å²) in [7, 11) is 0. The van der Waals surface area contributed by atoms with E-state index in [1.165, 1.54) is 22.8 Å². The smallest absolute Gasteiger partial charge is 0.0490 e. The molecule has 96 valence electrons. The summed E-state index contributed by atoms with van der Waals surface area (Å²) in [6.45, 7) is 13.8. The number of thiophene rings is 1. The van der Waals surface area contributed by atoms with Crippen LogP contribution < -0.4 is 5.32 Å². The van der Waals surface area contributed by atoms with E-state index in [0.29, 0.717) is 11.5 Å². The molecular weight excluding hydrogens is 228 g/mol. The molecule has 0 radical (unpaired) electrons. The van der Waals surface area contributed by atoms with Gasteiger partial charge in [0, 0.05) is 42.0 Å². The Morgan fingerprint density at radius 2 is 1.88 bits per heavy atom. The Morgan fingerprint density at radius 1 is 1.24 bits per heavy atom. The monoisotopic (exact) mass is 252 g/mol. The van der Waals surface area contributed by atoms with Crippen LogP contribution in [0.5, 0.6) is 0 Å². The van der Waals surface area contributed by atoms with Gasteiger partial charge in [-0.25, -0.2) is 0 Å². The maximum absolute atomic E-state index is 3.44. The minimum Gasteiger partial charge on any atom is -0.314 e. The third-order valence-electron chi connectivity index (χ3n) is 3.37. The molecule has 1 aliphatic heterocycles. The van der Waals surface area contributed by atoms with Crippen molar-refractivity contribution in [3.63, 3.8) is 0 Å². The van der Waals surface area contributed by atoms with Gasteiger partial charge in [0.25, 0.3) is 0 Å². The lowest BCUT2D eigenvalue weighted by atomic mass is 9.84. The molecule has 0 bridgehead atoms. The molecule has 1 N–H and O–H groups in total. The Balaban J connectivity index is 2.24. The molecule has 1 atom stereocenters. The van der Waals surface area contributed by atoms with Gasteiger partial charge in [-0.05, 0) is 24.5 Å². The van der Waals surface area contributed by atoms with Gasteiger partial charge >= 0.3 is 0 Å². The normalized spacial score (nSPS) is 20.5. The van der Waals surface area contributed by atoms with Crippen molar-refractivity contribution in [2.75, 3.05) is 26.2 Å². The zero-order valence-corrected chi connectivity index (χ0v) is 12.2. The largest absolute Gasteiger partial charge is 0.314 e. The summed E-state index contributed by atoms with van der Waals surface area (Å²) in [5.74, 6) is 0. The summed E-state index contributed by atoms with van der Waals surface area (Å²) in [4.78, 5) is 5.59. The third kappa shape index (κ3) is 3.09. The first kappa shape index (κ1) is 13.1. The van der Waals surface area contributed by atoms with Crippen LogP contribution in [-0.4, -0.2) is 31.1 Å². The molecule has 0 unspecified atom stereocenters. The average Bonchev–Trinajstić information content (AvgIpc) is 2.64. The topological polar surface area (TPSA) is 15.3 Å². The van der Waals surface area contributed by atoms with Crippen molar-refractivity contribution in [1.82, 2.24) is 10.2 Å². The van der Waals surface area contributed by atoms with Crippen molar-refractivity contribution in [3.8, 4) is 0 Å². The van der Waals surface area contributed by atoms with Crippen molar-refractivity contribution in [1.29, 1.82) is 0 Å². The van der Waals surface area contributed by atoms with E-state index in [2.05, 4.69) is 50.0 Å². The van der Waals surface area contributed by atoms with Crippen molar-refractivity contribution < 1.29 is 0 Å². The summed E-state index contributed by atoms with van der Waals surface area (Å²) < 4.78 is 0. The van der Waals surface area contributed by atoms with Crippen LogP contribution in [0.2, 0.25) is 0 Å². The molecule has 0 spiro atoms. The van der Waals surface area contributed by atoms with Crippen LogP contribution in [0, 0.1) is 12.3 Å². The lowest BCUT2D eigenvalue weighted by Crippen LogP contribution is -2.48. The lowest BCUT2D eigenvalue weighted by molar-refractivity contribution is 0.0888. The molecule has 0 aromatic carbocycles. The quantitative estimate of drug-likeness (QED) is 0.870. The predicted octanol–water partition coefficient (Wildman–Crippen LogP) is 3.05. The van der Waals surface area contributed by atoms with Gasteiger partial charge in [0.1, 0.15) is 0 Å². The Bertz CT molecular complexity index is 359. The van der Waals surface area contributed by atoms with E-state index in [1.54, 1.807) is 0 Å². The van der Waals surface area contributed by atoms with Crippen molar-refractivity contribution >= 4 is 11.3 Å². The highest BCUT2D eigenvalue weighted by molar-refractivity contribution is 7.12. The van der Waals surface area contributed by atoms with Gasteiger partial charge < -0.3 is 5.32 Å². The van der Waals surface area contributed by atoms with Gasteiger partial charge in [-0.3, -0.25) is 4.90 Å². The van der Waals surface area contributed by atoms with Crippen LogP contribution in [0.4, 0.5) is 0 Å². The summed E-state index contributed by atoms with van der Waals surface area (Å²) >= 11 is 1.95. The fraction of sp³-hybridized carbons (Fsp3) is 0.714. The van der Waals surface area contributed by atoms with Gasteiger partial charge in [0.2, 0.25) is 0 Å². The van der Waals surface area contributed by atoms with Crippen LogP contribution in [0.25, 0.3) is 0 Å². The van der Waals surface area contributed by atoms with Gasteiger partial charge in [0.15, 0.2) is 0 Å². The van der Waals surface area contributed by atoms with Crippen molar-refractivity contribution in [3.05, 3.63) is 21.9 Å². The molecule has 0 aliphatic carbocycles. The second kappa shape index (κ2) is 5.09. The minimum atomic E-state index is 0.300. The minimum absolute atomic E-state index is 0.300. The first-order valence-corrected chi connectivity index (χ1v) is 7.31. The Labute approximate surface area is 109 Å². The maximum atomic E-state index is 3.44. The van der Waals surface area contributed by atoms with Gasteiger partial charge in [-0.2, -0.15) is 0 Å². The fourth-order valence-corrected chi connectivity index (χ4v) is 3.95. The molecule has 0 amide bonds. The van der Waals surface area contributed by atoms with Gasteiger partial charge in [-0.15, -0.1) is 11.3 Å². The second-order valence-electron chi connectivity index (χ2n) is 6.00. The van der Waals surface area contributed by atoms with E-state index in [4.69, 9.17) is 0 Å². The highest BCUT2D eigenvalue weighted by Crippen LogP contribution is 2.40. The molecule has 1 saturated heterocycles. The molecule has 2 nitrogen and oxygen atoms in total. The highest BCUT2D eigenvalue weighted by atomic mass is 32.1. The van der Waals surface area contributed by atoms with Crippen molar-refractivity contribution in [2.45, 2.75) is 33.7 Å². The number of hydrogen-bond acceptors (Lipinski definition) is 3. The zero-order valence-electron chi connectivity index (χ0n) is 11.4. The molecule has 3 heteroatoms. The third-order valence-corrected chi connectivity index (χ3v) is 4.42. The zero-order chi connectivity index (χ0) is 12.5. The average molecular weight is 252 g/mol. The van der Waals surface area contributed by atoms with Crippen LogP contribution in [-0.2, 0) is 0 Å². The van der Waals surface area contributed by atoms with E-state index in [-0.39, 0.29) is 0 Å². The first-order chi connectivity index (χ1) is 7.98. The number of nitrogens with one attached hydrogen (secondary N) is 1. The van der Waals surface area contributed by atoms with Crippen LogP contribution in [0.1, 0.15) is 36.6 Å². The van der Waals surface area contributed by atoms with Gasteiger partial charge in [-0.1, -0.05) is 20.8 Å². The standard InChI is InChI=1S/C14H24N2S/c1-11-5-6-12(17-11)13(14(2,3)4)16-9-7-15-8-10-16/h5-6,13,15H,7-10H2,1-4H3/t13-/m0/s1. The first-order valence-electron chi connectivity index (χ1n) is 6.49. The molecule has 1 fully saturated rings. The molecule has 17 heavy (non-hydrogen) atoms. The van der Waals surface area contributed by atoms with E-state index >= 15 is 0 Å². The van der Waals surface area contributed by atoms with Crippen LogP contribution in [0.15, 0.2) is 12.1 Å². The molecule has 1 aromatic heterocycles. The van der Waals surface area contributed by atoms with Crippen LogP contribution >= 0.6 is 11.3 Å². The summed E-state index contributed by atoms with van der Waals surface area (Å²) in [5.41, 5.74) is 0.300. The number of hydrogen-bond donors (Lipinski definition) is 1. The fourth-order valence-electron chi connectivity index (χ4n) is 2.70. The van der Waals surface area contributed by atoms with E-state index in [9.17, 15) is 0 Å². The van der Waals surface area contributed by atoms with Gasteiger partial charge in [0.05, 0.1) is 0 Å². The molecule has 0 saturated carbocycles. The second-order valence-corrected chi connectivity index (χ2v) is 7.32. The lowest BCUT2D eigenvalue weighted by Gasteiger charge is -2.41. The number of aryl methyl sites for hydroxylation is 1. The summed E-state index contributed by atoms with van der Waals surface area (Å²) in [5, 5.41) is 3.44. The molecule has 1 aromatic rings. The maximum Gasteiger partial charge on any atom is 0.0490 e. The van der Waals surface area contributed by atoms with E-state index < -0.39 is 0 Å². The Kier molecular flexibility index (Phi) is 3.91. The number of rotatable bonds is 2. The molecule has 1 aliphatic rings. The number of piperazine rings is 1. The van der Waals surface area contributed by atoms with Crippen LogP contribution in [0.3, 0.4) is 0 Å².